The molecule has 11 heteroatoms. The van der Waals surface area contributed by atoms with Crippen molar-refractivity contribution in [3.8, 4) is 5.75 Å². The fourth-order valence-corrected chi connectivity index (χ4v) is 2.24. The molecule has 0 aliphatic heterocycles. The van der Waals surface area contributed by atoms with Crippen LogP contribution in [0.2, 0.25) is 0 Å². The van der Waals surface area contributed by atoms with E-state index in [1.165, 1.54) is 5.32 Å². The summed E-state index contributed by atoms with van der Waals surface area (Å²) in [5.41, 5.74) is 0.869. The smallest absolute Gasteiger partial charge is 0.405 e. The molecule has 2 aromatic rings. The largest absolute Gasteiger partial charge is 0.494 e. The molecule has 2 rings (SSSR count). The van der Waals surface area contributed by atoms with E-state index in [2.05, 4.69) is 0 Å². The number of nitrogens with one attached hydrogen (secondary N) is 2. The Labute approximate surface area is 156 Å². The zero-order chi connectivity index (χ0) is 20.9. The number of fused-ring (bicyclic) bond motifs is 1. The van der Waals surface area contributed by atoms with Crippen molar-refractivity contribution >= 4 is 28.9 Å². The van der Waals surface area contributed by atoms with Gasteiger partial charge in [-0.15, -0.1) is 0 Å². The van der Waals surface area contributed by atoms with Gasteiger partial charge in [0, 0.05) is 10.9 Å². The molecule has 0 bridgehead atoms. The van der Waals surface area contributed by atoms with Crippen LogP contribution < -0.4 is 15.4 Å². The third-order valence-electron chi connectivity index (χ3n) is 3.44. The molecule has 0 aliphatic rings. The molecule has 152 valence electrons. The zero-order valence-corrected chi connectivity index (χ0v) is 14.9. The van der Waals surface area contributed by atoms with Gasteiger partial charge in [0.2, 0.25) is 5.76 Å². The van der Waals surface area contributed by atoms with Crippen LogP contribution in [0.4, 0.5) is 18.0 Å². The van der Waals surface area contributed by atoms with Crippen LogP contribution in [0.15, 0.2) is 22.6 Å². The Hall–Kier alpha value is -3.24. The number of hydrogen-bond donors (Lipinski definition) is 2. The van der Waals surface area contributed by atoms with Gasteiger partial charge in [0.25, 0.3) is 5.91 Å². The van der Waals surface area contributed by atoms with Gasteiger partial charge in [0.05, 0.1) is 6.61 Å². The van der Waals surface area contributed by atoms with Crippen molar-refractivity contribution < 1.29 is 41.4 Å². The van der Waals surface area contributed by atoms with Crippen LogP contribution >= 0.6 is 0 Å². The molecule has 0 unspecified atom stereocenters. The number of aryl methyl sites for hydroxylation is 1. The Balaban J connectivity index is 1.94. The summed E-state index contributed by atoms with van der Waals surface area (Å²) in [7, 11) is 0. The van der Waals surface area contributed by atoms with Crippen LogP contribution in [0.1, 0.15) is 23.0 Å². The Morgan fingerprint density at radius 2 is 1.93 bits per heavy atom. The normalized spacial score (nSPS) is 11.2. The number of furan rings is 1. The Morgan fingerprint density at radius 3 is 2.57 bits per heavy atom. The quantitative estimate of drug-likeness (QED) is 0.720. The van der Waals surface area contributed by atoms with Gasteiger partial charge < -0.3 is 19.2 Å². The minimum absolute atomic E-state index is 0.141. The van der Waals surface area contributed by atoms with Crippen molar-refractivity contribution in [2.24, 2.45) is 0 Å². The zero-order valence-electron chi connectivity index (χ0n) is 14.9. The highest BCUT2D eigenvalue weighted by Gasteiger charge is 2.28. The summed E-state index contributed by atoms with van der Waals surface area (Å²) >= 11 is 0. The van der Waals surface area contributed by atoms with E-state index in [1.807, 2.05) is 6.92 Å². The summed E-state index contributed by atoms with van der Waals surface area (Å²) in [5, 5.41) is 3.68. The first-order valence-electron chi connectivity index (χ1n) is 8.08. The maximum atomic E-state index is 12.1. The van der Waals surface area contributed by atoms with Crippen LogP contribution in [-0.4, -0.2) is 43.8 Å². The average Bonchev–Trinajstić information content (AvgIpc) is 2.94. The van der Waals surface area contributed by atoms with E-state index < -0.39 is 37.2 Å². The summed E-state index contributed by atoms with van der Waals surface area (Å²) in [4.78, 5) is 34.8. The second-order valence-corrected chi connectivity index (χ2v) is 5.57. The molecule has 1 heterocycles. The third-order valence-corrected chi connectivity index (χ3v) is 3.44. The highest BCUT2D eigenvalue weighted by molar-refractivity contribution is 5.99. The van der Waals surface area contributed by atoms with Crippen LogP contribution in [-0.2, 0) is 9.53 Å². The number of rotatable bonds is 6. The third kappa shape index (κ3) is 5.63. The van der Waals surface area contributed by atoms with Gasteiger partial charge in [-0.25, -0.2) is 9.59 Å². The molecule has 1 aromatic heterocycles. The lowest BCUT2D eigenvalue weighted by Crippen LogP contribution is -2.44. The summed E-state index contributed by atoms with van der Waals surface area (Å²) in [6.45, 7) is 1.42. The lowest BCUT2D eigenvalue weighted by molar-refractivity contribution is -0.125. The molecule has 0 aliphatic carbocycles. The number of halogens is 3. The fourth-order valence-electron chi connectivity index (χ4n) is 2.24. The van der Waals surface area contributed by atoms with Gasteiger partial charge >= 0.3 is 18.2 Å². The van der Waals surface area contributed by atoms with Gasteiger partial charge in [0.1, 0.15) is 17.9 Å². The van der Waals surface area contributed by atoms with E-state index >= 15 is 0 Å². The first-order valence-corrected chi connectivity index (χ1v) is 8.08. The number of imide groups is 1. The number of carbonyl (C=O) groups excluding carboxylic acids is 3. The van der Waals surface area contributed by atoms with E-state index in [0.717, 1.165) is 0 Å². The molecule has 0 spiro atoms. The monoisotopic (exact) mass is 402 g/mol. The second kappa shape index (κ2) is 8.63. The molecule has 0 radical (unpaired) electrons. The highest BCUT2D eigenvalue weighted by Crippen LogP contribution is 2.29. The van der Waals surface area contributed by atoms with Crippen LogP contribution in [0.25, 0.3) is 11.0 Å². The average molecular weight is 402 g/mol. The minimum atomic E-state index is -4.62. The van der Waals surface area contributed by atoms with Gasteiger partial charge in [-0.3, -0.25) is 10.1 Å². The van der Waals surface area contributed by atoms with Gasteiger partial charge in [-0.05, 0) is 32.0 Å². The molecule has 0 atom stereocenters. The van der Waals surface area contributed by atoms with Crippen LogP contribution in [0, 0.1) is 6.92 Å². The van der Waals surface area contributed by atoms with E-state index in [1.54, 1.807) is 30.4 Å². The molecule has 3 amide bonds. The second-order valence-electron chi connectivity index (χ2n) is 5.57. The summed E-state index contributed by atoms with van der Waals surface area (Å²) in [6, 6.07) is 3.60. The van der Waals surface area contributed by atoms with E-state index in [9.17, 15) is 27.6 Å². The topological polar surface area (TPSA) is 107 Å². The molecule has 28 heavy (non-hydrogen) atoms. The van der Waals surface area contributed by atoms with Gasteiger partial charge in [-0.2, -0.15) is 13.2 Å². The number of benzene rings is 1. The number of esters is 1. The van der Waals surface area contributed by atoms with Crippen LogP contribution in [0.5, 0.6) is 5.75 Å². The molecule has 0 fully saturated rings. The maximum Gasteiger partial charge on any atom is 0.405 e. The van der Waals surface area contributed by atoms with Gasteiger partial charge in [0.15, 0.2) is 6.61 Å². The Kier molecular flexibility index (Phi) is 6.49. The summed E-state index contributed by atoms with van der Waals surface area (Å²) in [5.74, 6) is -1.61. The maximum absolute atomic E-state index is 12.1. The lowest BCUT2D eigenvalue weighted by atomic mass is 10.1. The first kappa shape index (κ1) is 21.1. The number of amides is 3. The van der Waals surface area contributed by atoms with Crippen molar-refractivity contribution in [1.82, 2.24) is 10.6 Å². The van der Waals surface area contributed by atoms with Crippen molar-refractivity contribution in [1.29, 1.82) is 0 Å². The molecule has 2 N–H and O–H groups in total. The molecule has 0 saturated heterocycles. The molecular formula is C17H17F3N2O6. The fraction of sp³-hybridized carbons (Fsp3) is 0.353. The number of carbonyl (C=O) groups is 3. The Bertz CT molecular complexity index is 891. The predicted molar refractivity (Wildman–Crippen MR) is 90.0 cm³/mol. The predicted octanol–water partition coefficient (Wildman–Crippen LogP) is 2.68. The van der Waals surface area contributed by atoms with Crippen LogP contribution in [0.3, 0.4) is 0 Å². The number of ether oxygens (including phenoxy) is 2. The minimum Gasteiger partial charge on any atom is -0.494 e. The van der Waals surface area contributed by atoms with E-state index in [4.69, 9.17) is 13.9 Å². The SMILES string of the molecule is CCOc1ccc2oc(C(=O)OCC(=O)NC(=O)NCC(F)(F)F)c(C)c2c1. The summed E-state index contributed by atoms with van der Waals surface area (Å²) < 4.78 is 51.5. The number of alkyl halides is 3. The van der Waals surface area contributed by atoms with Gasteiger partial charge in [-0.1, -0.05) is 0 Å². The standard InChI is InChI=1S/C17H17F3N2O6/c1-3-26-10-4-5-12-11(6-10)9(2)14(28-12)15(24)27-7-13(23)22-16(25)21-8-17(18,19)20/h4-6H,3,7-8H2,1-2H3,(H2,21,22,23,25). The molecular weight excluding hydrogens is 385 g/mol. The lowest BCUT2D eigenvalue weighted by Gasteiger charge is -2.09. The van der Waals surface area contributed by atoms with Crippen molar-refractivity contribution in [2.75, 3.05) is 19.8 Å². The number of hydrogen-bond acceptors (Lipinski definition) is 6. The van der Waals surface area contributed by atoms with Crippen molar-refractivity contribution in [3.63, 3.8) is 0 Å². The van der Waals surface area contributed by atoms with Crippen molar-refractivity contribution in [3.05, 3.63) is 29.5 Å². The van der Waals surface area contributed by atoms with E-state index in [0.29, 0.717) is 28.9 Å². The highest BCUT2D eigenvalue weighted by atomic mass is 19.4. The van der Waals surface area contributed by atoms with E-state index in [-0.39, 0.29) is 5.76 Å². The molecule has 8 nitrogen and oxygen atoms in total. The molecule has 0 saturated carbocycles. The Morgan fingerprint density at radius 1 is 1.21 bits per heavy atom. The number of urea groups is 1. The first-order chi connectivity index (χ1) is 13.1. The van der Waals surface area contributed by atoms with Crippen molar-refractivity contribution in [2.45, 2.75) is 20.0 Å². The summed E-state index contributed by atoms with van der Waals surface area (Å²) in [6.07, 6.45) is -4.62. The molecule has 1 aromatic carbocycles.